The first-order valence-electron chi connectivity index (χ1n) is 11.1. The molecular formula is C25H28FN5O2. The Balaban J connectivity index is 1.52. The molecule has 1 aliphatic rings. The average molecular weight is 450 g/mol. The highest BCUT2D eigenvalue weighted by Gasteiger charge is 2.30. The van der Waals surface area contributed by atoms with Gasteiger partial charge in [-0.3, -0.25) is 9.59 Å². The van der Waals surface area contributed by atoms with Gasteiger partial charge in [-0.2, -0.15) is 5.10 Å². The van der Waals surface area contributed by atoms with Crippen molar-refractivity contribution >= 4 is 29.0 Å². The Morgan fingerprint density at radius 1 is 1.03 bits per heavy atom. The Hall–Kier alpha value is -3.68. The van der Waals surface area contributed by atoms with Crippen LogP contribution in [0.4, 0.5) is 21.6 Å². The van der Waals surface area contributed by atoms with E-state index in [0.717, 1.165) is 17.2 Å². The monoisotopic (exact) mass is 449 g/mol. The molecule has 33 heavy (non-hydrogen) atoms. The number of amides is 2. The van der Waals surface area contributed by atoms with Crippen molar-refractivity contribution in [1.29, 1.82) is 0 Å². The highest BCUT2D eigenvalue weighted by atomic mass is 19.1. The van der Waals surface area contributed by atoms with E-state index in [-0.39, 0.29) is 23.5 Å². The van der Waals surface area contributed by atoms with Crippen molar-refractivity contribution in [1.82, 2.24) is 9.78 Å². The number of aromatic nitrogens is 2. The molecule has 1 saturated heterocycles. The molecule has 0 atom stereocenters. The number of hydrogen-bond acceptors (Lipinski definition) is 4. The average Bonchev–Trinajstić information content (AvgIpc) is 3.12. The van der Waals surface area contributed by atoms with Crippen LogP contribution in [0.1, 0.15) is 31.0 Å². The second kappa shape index (κ2) is 9.44. The smallest absolute Gasteiger partial charge is 0.227 e. The van der Waals surface area contributed by atoms with Gasteiger partial charge in [0.1, 0.15) is 11.5 Å². The summed E-state index contributed by atoms with van der Waals surface area (Å²) in [5.41, 5.74) is 3.32. The number of benzene rings is 2. The summed E-state index contributed by atoms with van der Waals surface area (Å²) in [6.45, 7) is 6.30. The van der Waals surface area contributed by atoms with Crippen molar-refractivity contribution < 1.29 is 14.0 Å². The molecule has 1 aliphatic heterocycles. The van der Waals surface area contributed by atoms with Gasteiger partial charge in [-0.05, 0) is 56.5 Å². The molecule has 0 spiro atoms. The molecule has 8 heteroatoms. The summed E-state index contributed by atoms with van der Waals surface area (Å²) in [7, 11) is 0. The van der Waals surface area contributed by atoms with Crippen LogP contribution in [0, 0.1) is 25.6 Å². The number of anilines is 3. The SMILES string of the molecule is CC(=O)Nc1c(C)nn(-c2ccccc2)c1N1CCC(C(=O)Nc2ccc(C)c(F)c2)CC1. The number of nitrogens with zero attached hydrogens (tertiary/aromatic N) is 3. The lowest BCUT2D eigenvalue weighted by atomic mass is 9.95. The number of aryl methyl sites for hydroxylation is 2. The summed E-state index contributed by atoms with van der Waals surface area (Å²) in [5, 5.41) is 10.4. The van der Waals surface area contributed by atoms with E-state index < -0.39 is 0 Å². The molecule has 2 heterocycles. The summed E-state index contributed by atoms with van der Waals surface area (Å²) in [5.74, 6) is 0.0364. The molecule has 172 valence electrons. The Labute approximate surface area is 192 Å². The molecule has 2 aromatic carbocycles. The quantitative estimate of drug-likeness (QED) is 0.604. The second-order valence-corrected chi connectivity index (χ2v) is 8.43. The van der Waals surface area contributed by atoms with Gasteiger partial charge in [0.2, 0.25) is 11.8 Å². The van der Waals surface area contributed by atoms with E-state index in [9.17, 15) is 14.0 Å². The maximum Gasteiger partial charge on any atom is 0.227 e. The van der Waals surface area contributed by atoms with E-state index >= 15 is 0 Å². The van der Waals surface area contributed by atoms with Gasteiger partial charge in [0.15, 0.2) is 5.82 Å². The van der Waals surface area contributed by atoms with E-state index in [1.54, 1.807) is 19.1 Å². The van der Waals surface area contributed by atoms with Crippen LogP contribution in [-0.4, -0.2) is 34.7 Å². The third kappa shape index (κ3) is 4.89. The van der Waals surface area contributed by atoms with Gasteiger partial charge in [0, 0.05) is 31.6 Å². The lowest BCUT2D eigenvalue weighted by Gasteiger charge is -2.33. The maximum absolute atomic E-state index is 13.8. The van der Waals surface area contributed by atoms with Gasteiger partial charge in [0.25, 0.3) is 0 Å². The zero-order valence-corrected chi connectivity index (χ0v) is 19.1. The van der Waals surface area contributed by atoms with Gasteiger partial charge < -0.3 is 15.5 Å². The van der Waals surface area contributed by atoms with E-state index in [0.29, 0.717) is 42.9 Å². The first-order valence-corrected chi connectivity index (χ1v) is 11.1. The summed E-state index contributed by atoms with van der Waals surface area (Å²) < 4.78 is 15.7. The molecular weight excluding hydrogens is 421 g/mol. The number of piperidine rings is 1. The largest absolute Gasteiger partial charge is 0.355 e. The van der Waals surface area contributed by atoms with Crippen LogP contribution in [0.3, 0.4) is 0 Å². The number of para-hydroxylation sites is 1. The zero-order valence-electron chi connectivity index (χ0n) is 19.1. The number of nitrogens with one attached hydrogen (secondary N) is 2. The molecule has 4 rings (SSSR count). The first kappa shape index (κ1) is 22.5. The third-order valence-electron chi connectivity index (χ3n) is 5.94. The van der Waals surface area contributed by atoms with Crippen molar-refractivity contribution in [2.75, 3.05) is 28.6 Å². The number of rotatable bonds is 5. The van der Waals surface area contributed by atoms with Gasteiger partial charge in [-0.1, -0.05) is 24.3 Å². The number of carbonyl (C=O) groups excluding carboxylic acids is 2. The molecule has 0 bridgehead atoms. The summed E-state index contributed by atoms with van der Waals surface area (Å²) >= 11 is 0. The van der Waals surface area contributed by atoms with Crippen molar-refractivity contribution in [3.8, 4) is 5.69 Å². The first-order chi connectivity index (χ1) is 15.8. The maximum atomic E-state index is 13.8. The lowest BCUT2D eigenvalue weighted by Crippen LogP contribution is -2.39. The molecule has 1 aromatic heterocycles. The van der Waals surface area contributed by atoms with Crippen LogP contribution in [0.15, 0.2) is 48.5 Å². The van der Waals surface area contributed by atoms with E-state index in [4.69, 9.17) is 0 Å². The summed E-state index contributed by atoms with van der Waals surface area (Å²) in [6, 6.07) is 14.5. The predicted octanol–water partition coefficient (Wildman–Crippen LogP) is 4.44. The molecule has 0 saturated carbocycles. The fourth-order valence-corrected chi connectivity index (χ4v) is 4.15. The molecule has 0 radical (unpaired) electrons. The van der Waals surface area contributed by atoms with Crippen LogP contribution in [0.5, 0.6) is 0 Å². The molecule has 3 aromatic rings. The molecule has 1 fully saturated rings. The van der Waals surface area contributed by atoms with Gasteiger partial charge in [-0.25, -0.2) is 9.07 Å². The van der Waals surface area contributed by atoms with E-state index in [1.807, 2.05) is 41.9 Å². The second-order valence-electron chi connectivity index (χ2n) is 8.43. The number of halogens is 1. The minimum atomic E-state index is -0.335. The van der Waals surface area contributed by atoms with E-state index in [2.05, 4.69) is 20.6 Å². The summed E-state index contributed by atoms with van der Waals surface area (Å²) in [6.07, 6.45) is 1.28. The Bertz CT molecular complexity index is 1170. The van der Waals surface area contributed by atoms with Crippen LogP contribution in [-0.2, 0) is 9.59 Å². The highest BCUT2D eigenvalue weighted by molar-refractivity contribution is 5.94. The minimum Gasteiger partial charge on any atom is -0.355 e. The molecule has 2 amide bonds. The molecule has 2 N–H and O–H groups in total. The third-order valence-corrected chi connectivity index (χ3v) is 5.94. The van der Waals surface area contributed by atoms with Crippen LogP contribution >= 0.6 is 0 Å². The fourth-order valence-electron chi connectivity index (χ4n) is 4.15. The fraction of sp³-hybridized carbons (Fsp3) is 0.320. The van der Waals surface area contributed by atoms with Crippen LogP contribution in [0.2, 0.25) is 0 Å². The van der Waals surface area contributed by atoms with Crippen LogP contribution in [0.25, 0.3) is 5.69 Å². The predicted molar refractivity (Wildman–Crippen MR) is 127 cm³/mol. The Morgan fingerprint density at radius 2 is 1.73 bits per heavy atom. The number of hydrogen-bond donors (Lipinski definition) is 2. The Kier molecular flexibility index (Phi) is 6.44. The van der Waals surface area contributed by atoms with Crippen molar-refractivity contribution in [3.63, 3.8) is 0 Å². The van der Waals surface area contributed by atoms with Crippen LogP contribution < -0.4 is 15.5 Å². The summed E-state index contributed by atoms with van der Waals surface area (Å²) in [4.78, 5) is 26.8. The molecule has 0 unspecified atom stereocenters. The normalized spacial score (nSPS) is 14.2. The van der Waals surface area contributed by atoms with Gasteiger partial charge in [-0.15, -0.1) is 0 Å². The van der Waals surface area contributed by atoms with Gasteiger partial charge in [0.05, 0.1) is 11.4 Å². The van der Waals surface area contributed by atoms with Gasteiger partial charge >= 0.3 is 0 Å². The number of carbonyl (C=O) groups is 2. The van der Waals surface area contributed by atoms with Crippen molar-refractivity contribution in [3.05, 3.63) is 65.6 Å². The zero-order chi connectivity index (χ0) is 23.5. The Morgan fingerprint density at radius 3 is 2.36 bits per heavy atom. The van der Waals surface area contributed by atoms with Crippen molar-refractivity contribution in [2.24, 2.45) is 5.92 Å². The highest BCUT2D eigenvalue weighted by Crippen LogP contribution is 2.35. The molecule has 7 nitrogen and oxygen atoms in total. The topological polar surface area (TPSA) is 79.3 Å². The standard InChI is InChI=1S/C25H28FN5O2/c1-16-9-10-20(15-22(16)26)28-24(33)19-11-13-30(14-12-19)25-23(27-18(3)32)17(2)29-31(25)21-7-5-4-6-8-21/h4-10,15,19H,11-14H2,1-3H3,(H,27,32)(H,28,33). The lowest BCUT2D eigenvalue weighted by molar-refractivity contribution is -0.120. The molecule has 0 aliphatic carbocycles. The van der Waals surface area contributed by atoms with Crippen molar-refractivity contribution in [2.45, 2.75) is 33.6 Å². The minimum absolute atomic E-state index is 0.104. The van der Waals surface area contributed by atoms with E-state index in [1.165, 1.54) is 13.0 Å².